The molecule has 6 rings (SSSR count). The van der Waals surface area contributed by atoms with Crippen LogP contribution < -0.4 is 0 Å². The van der Waals surface area contributed by atoms with E-state index in [2.05, 4.69) is 13.8 Å². The molecule has 1 N–H and O–H groups in total. The van der Waals surface area contributed by atoms with Crippen LogP contribution in [-0.2, 0) is 38.1 Å². The Morgan fingerprint density at radius 1 is 1.15 bits per heavy atom. The van der Waals surface area contributed by atoms with E-state index in [0.29, 0.717) is 23.8 Å². The van der Waals surface area contributed by atoms with Crippen LogP contribution in [0.15, 0.2) is 23.3 Å². The van der Waals surface area contributed by atoms with Gasteiger partial charge < -0.3 is 24.1 Å². The molecule has 9 nitrogen and oxygen atoms in total. The standard InChI is InChI=1S/C32H42O9/c1-16-12-25(40-29(37)21(16)14-38-18(3)34)17(2)22-6-7-23-20-13-28-32(41-28)27(39-19(4)35)9-8-26(36)31(32,15-33)24(20)10-11-30(22,23)5/h8-9,17,20,22-25,27-28,33H,6-7,10-15H2,1-5H3. The molecule has 4 aliphatic carbocycles. The van der Waals surface area contributed by atoms with Gasteiger partial charge in [0.25, 0.3) is 0 Å². The number of ketones is 1. The van der Waals surface area contributed by atoms with Crippen molar-refractivity contribution in [2.75, 3.05) is 13.2 Å². The van der Waals surface area contributed by atoms with Gasteiger partial charge in [0, 0.05) is 20.3 Å². The molecule has 1 spiro atoms. The number of aliphatic hydroxyl groups excluding tert-OH is 1. The van der Waals surface area contributed by atoms with Gasteiger partial charge in [-0.2, -0.15) is 0 Å². The molecule has 0 aromatic carbocycles. The molecular weight excluding hydrogens is 528 g/mol. The summed E-state index contributed by atoms with van der Waals surface area (Å²) in [6, 6.07) is 0. The number of hydrogen-bond acceptors (Lipinski definition) is 9. The number of allylic oxidation sites excluding steroid dienone is 1. The van der Waals surface area contributed by atoms with Crippen molar-refractivity contribution in [3.05, 3.63) is 23.3 Å². The van der Waals surface area contributed by atoms with Gasteiger partial charge in [0.15, 0.2) is 17.5 Å². The third-order valence-corrected chi connectivity index (χ3v) is 12.1. The molecule has 224 valence electrons. The first-order valence-corrected chi connectivity index (χ1v) is 15.1. The maximum atomic E-state index is 13.7. The number of fused-ring (bicyclic) bond motifs is 4. The van der Waals surface area contributed by atoms with E-state index in [1.165, 1.54) is 19.9 Å². The topological polar surface area (TPSA) is 129 Å². The second-order valence-electron chi connectivity index (χ2n) is 13.7. The zero-order chi connectivity index (χ0) is 29.5. The molecule has 0 aromatic heterocycles. The van der Waals surface area contributed by atoms with Gasteiger partial charge in [0.05, 0.1) is 23.7 Å². The summed E-state index contributed by atoms with van der Waals surface area (Å²) in [5.74, 6) is -0.413. The number of carbonyl (C=O) groups is 4. The van der Waals surface area contributed by atoms with Crippen LogP contribution in [0.1, 0.15) is 73.1 Å². The minimum absolute atomic E-state index is 0.00297. The van der Waals surface area contributed by atoms with Crippen molar-refractivity contribution in [2.24, 2.45) is 40.4 Å². The van der Waals surface area contributed by atoms with Crippen LogP contribution in [0.4, 0.5) is 0 Å². The van der Waals surface area contributed by atoms with Crippen LogP contribution in [0.25, 0.3) is 0 Å². The van der Waals surface area contributed by atoms with Crippen LogP contribution >= 0.6 is 0 Å². The Labute approximate surface area is 241 Å². The lowest BCUT2D eigenvalue weighted by Gasteiger charge is -2.58. The highest BCUT2D eigenvalue weighted by Crippen LogP contribution is 2.73. The second-order valence-corrected chi connectivity index (χ2v) is 13.7. The first-order chi connectivity index (χ1) is 19.4. The van der Waals surface area contributed by atoms with Gasteiger partial charge >= 0.3 is 17.9 Å². The lowest BCUT2D eigenvalue weighted by Crippen LogP contribution is -2.67. The summed E-state index contributed by atoms with van der Waals surface area (Å²) in [7, 11) is 0. The molecule has 0 amide bonds. The lowest BCUT2D eigenvalue weighted by molar-refractivity contribution is -0.174. The predicted molar refractivity (Wildman–Crippen MR) is 145 cm³/mol. The quantitative estimate of drug-likeness (QED) is 0.290. The molecule has 9 heteroatoms. The fourth-order valence-electron chi connectivity index (χ4n) is 10.2. The number of esters is 3. The summed E-state index contributed by atoms with van der Waals surface area (Å²) in [6.07, 6.45) is 7.08. The smallest absolute Gasteiger partial charge is 0.337 e. The number of carbonyl (C=O) groups excluding carboxylic acids is 4. The van der Waals surface area contributed by atoms with Crippen molar-refractivity contribution in [1.29, 1.82) is 0 Å². The summed E-state index contributed by atoms with van der Waals surface area (Å²) in [4.78, 5) is 49.8. The summed E-state index contributed by atoms with van der Waals surface area (Å²) in [6.45, 7) is 8.78. The molecule has 3 saturated carbocycles. The SMILES string of the molecule is CC(=O)OCC1=C(C)CC(C(C)C2CCC3C4CC5OC56C(OC(C)=O)C=CC(=O)C6(CO)C4CCC23C)OC1=O. The zero-order valence-corrected chi connectivity index (χ0v) is 24.6. The number of ether oxygens (including phenoxy) is 4. The van der Waals surface area contributed by atoms with Gasteiger partial charge in [-0.3, -0.25) is 14.4 Å². The maximum absolute atomic E-state index is 13.7. The molecule has 11 atom stereocenters. The van der Waals surface area contributed by atoms with Crippen molar-refractivity contribution in [3.8, 4) is 0 Å². The van der Waals surface area contributed by atoms with Gasteiger partial charge in [-0.25, -0.2) is 4.79 Å². The van der Waals surface area contributed by atoms with E-state index in [-0.39, 0.29) is 54.4 Å². The summed E-state index contributed by atoms with van der Waals surface area (Å²) in [5.41, 5.74) is -0.754. The minimum atomic E-state index is -1.11. The molecule has 0 bridgehead atoms. The average molecular weight is 571 g/mol. The molecule has 0 radical (unpaired) electrons. The van der Waals surface area contributed by atoms with Crippen LogP contribution in [0.5, 0.6) is 0 Å². The highest BCUT2D eigenvalue weighted by atomic mass is 16.7. The fraction of sp³-hybridized carbons (Fsp3) is 0.750. The van der Waals surface area contributed by atoms with Gasteiger partial charge in [0.1, 0.15) is 12.7 Å². The Bertz CT molecular complexity index is 1240. The number of hydrogen-bond donors (Lipinski definition) is 1. The Hall–Kier alpha value is -2.52. The molecule has 0 aromatic rings. The van der Waals surface area contributed by atoms with E-state index in [1.54, 1.807) is 6.08 Å². The van der Waals surface area contributed by atoms with E-state index < -0.39 is 35.0 Å². The van der Waals surface area contributed by atoms with Crippen molar-refractivity contribution in [2.45, 2.75) is 97.1 Å². The number of rotatable bonds is 6. The summed E-state index contributed by atoms with van der Waals surface area (Å²) < 4.78 is 23.0. The van der Waals surface area contributed by atoms with E-state index in [9.17, 15) is 24.3 Å². The van der Waals surface area contributed by atoms with Gasteiger partial charge in [0.2, 0.25) is 0 Å². The summed E-state index contributed by atoms with van der Waals surface area (Å²) >= 11 is 0. The Morgan fingerprint density at radius 2 is 1.90 bits per heavy atom. The number of aliphatic hydroxyl groups is 1. The highest BCUT2D eigenvalue weighted by molar-refractivity contribution is 5.99. The molecule has 4 fully saturated rings. The Morgan fingerprint density at radius 3 is 2.56 bits per heavy atom. The second kappa shape index (κ2) is 9.76. The van der Waals surface area contributed by atoms with E-state index in [1.807, 2.05) is 6.92 Å². The predicted octanol–water partition coefficient (Wildman–Crippen LogP) is 3.47. The van der Waals surface area contributed by atoms with Crippen LogP contribution in [-0.4, -0.2) is 65.9 Å². The maximum Gasteiger partial charge on any atom is 0.337 e. The van der Waals surface area contributed by atoms with E-state index in [4.69, 9.17) is 18.9 Å². The van der Waals surface area contributed by atoms with Crippen molar-refractivity contribution in [3.63, 3.8) is 0 Å². The third-order valence-electron chi connectivity index (χ3n) is 12.1. The molecule has 2 heterocycles. The Balaban J connectivity index is 1.24. The molecule has 11 unspecified atom stereocenters. The van der Waals surface area contributed by atoms with Crippen molar-refractivity contribution in [1.82, 2.24) is 0 Å². The van der Waals surface area contributed by atoms with Crippen LogP contribution in [0.3, 0.4) is 0 Å². The number of epoxide rings is 1. The third kappa shape index (κ3) is 3.94. The molecule has 1 saturated heterocycles. The van der Waals surface area contributed by atoms with E-state index >= 15 is 0 Å². The minimum Gasteiger partial charge on any atom is -0.461 e. The monoisotopic (exact) mass is 570 g/mol. The van der Waals surface area contributed by atoms with E-state index in [0.717, 1.165) is 37.7 Å². The first-order valence-electron chi connectivity index (χ1n) is 15.1. The highest BCUT2D eigenvalue weighted by Gasteiger charge is 2.82. The average Bonchev–Trinajstić information content (AvgIpc) is 3.53. The first kappa shape index (κ1) is 28.6. The van der Waals surface area contributed by atoms with Gasteiger partial charge in [-0.05, 0) is 86.2 Å². The van der Waals surface area contributed by atoms with Crippen molar-refractivity contribution >= 4 is 23.7 Å². The van der Waals surface area contributed by atoms with Gasteiger partial charge in [-0.15, -0.1) is 0 Å². The largest absolute Gasteiger partial charge is 0.461 e. The van der Waals surface area contributed by atoms with Crippen LogP contribution in [0.2, 0.25) is 0 Å². The molecular formula is C32H42O9. The van der Waals surface area contributed by atoms with Crippen LogP contribution in [0, 0.1) is 40.4 Å². The fourth-order valence-corrected chi connectivity index (χ4v) is 10.2. The normalized spacial score (nSPS) is 45.1. The lowest BCUT2D eigenvalue weighted by atomic mass is 9.44. The summed E-state index contributed by atoms with van der Waals surface area (Å²) in [5, 5.41) is 10.9. The van der Waals surface area contributed by atoms with Crippen molar-refractivity contribution < 1.29 is 43.2 Å². The molecule has 6 aliphatic rings. The zero-order valence-electron chi connectivity index (χ0n) is 24.6. The molecule has 41 heavy (non-hydrogen) atoms. The number of cyclic esters (lactones) is 1. The van der Waals surface area contributed by atoms with Gasteiger partial charge in [-0.1, -0.05) is 19.4 Å². The Kier molecular flexibility index (Phi) is 6.81. The molecule has 2 aliphatic heterocycles.